The van der Waals surface area contributed by atoms with Crippen LogP contribution in [0.25, 0.3) is 0 Å². The average molecular weight is 262 g/mol. The van der Waals surface area contributed by atoms with Crippen LogP contribution in [0.15, 0.2) is 24.4 Å². The Labute approximate surface area is 114 Å². The third-order valence-electron chi connectivity index (χ3n) is 4.25. The highest BCUT2D eigenvalue weighted by Crippen LogP contribution is 2.38. The summed E-state index contributed by atoms with van der Waals surface area (Å²) in [6, 6.07) is 5.93. The smallest absolute Gasteiger partial charge is 0.0888 e. The summed E-state index contributed by atoms with van der Waals surface area (Å²) in [6.45, 7) is 4.34. The average Bonchev–Trinajstić information content (AvgIpc) is 2.48. The number of aromatic nitrogens is 1. The highest BCUT2D eigenvalue weighted by atomic mass is 16.5. The summed E-state index contributed by atoms with van der Waals surface area (Å²) < 4.78 is 11.9. The fourth-order valence-corrected chi connectivity index (χ4v) is 3.21. The molecule has 0 aliphatic carbocycles. The Morgan fingerprint density at radius 2 is 2.47 bits per heavy atom. The lowest BCUT2D eigenvalue weighted by atomic mass is 9.73. The lowest BCUT2D eigenvalue weighted by Gasteiger charge is -2.47. The van der Waals surface area contributed by atoms with E-state index in [0.717, 1.165) is 44.8 Å². The molecule has 0 saturated carbocycles. The van der Waals surface area contributed by atoms with Gasteiger partial charge in [0.05, 0.1) is 25.0 Å². The van der Waals surface area contributed by atoms with E-state index in [1.165, 1.54) is 6.42 Å². The van der Waals surface area contributed by atoms with Gasteiger partial charge in [0.25, 0.3) is 0 Å². The van der Waals surface area contributed by atoms with E-state index in [-0.39, 0.29) is 5.41 Å². The number of hydrogen-bond donors (Lipinski definition) is 1. The van der Waals surface area contributed by atoms with E-state index in [1.54, 1.807) is 0 Å². The van der Waals surface area contributed by atoms with Gasteiger partial charge in [0.1, 0.15) is 0 Å². The molecule has 2 fully saturated rings. The van der Waals surface area contributed by atoms with Gasteiger partial charge >= 0.3 is 0 Å². The van der Waals surface area contributed by atoms with Crippen molar-refractivity contribution < 1.29 is 9.47 Å². The molecule has 0 aromatic carbocycles. The topological polar surface area (TPSA) is 43.4 Å². The van der Waals surface area contributed by atoms with Crippen LogP contribution >= 0.6 is 0 Å². The molecule has 3 heterocycles. The highest BCUT2D eigenvalue weighted by molar-refractivity contribution is 5.02. The molecule has 2 aliphatic rings. The lowest BCUT2D eigenvalue weighted by Crippen LogP contribution is -2.55. The van der Waals surface area contributed by atoms with E-state index in [0.29, 0.717) is 12.7 Å². The molecular weight excluding hydrogens is 240 g/mol. The Balaban J connectivity index is 1.57. The highest BCUT2D eigenvalue weighted by Gasteiger charge is 2.43. The summed E-state index contributed by atoms with van der Waals surface area (Å²) in [5.41, 5.74) is 1.17. The second kappa shape index (κ2) is 5.99. The third kappa shape index (κ3) is 2.96. The maximum absolute atomic E-state index is 5.95. The first-order chi connectivity index (χ1) is 9.39. The Hall–Kier alpha value is -0.970. The standard InChI is InChI=1S/C15H22N2O2/c1-2-7-17-13(4-1)10-18-12-15-6-3-9-19-14(15)5-8-16-11-15/h1-2,4,7,14,16H,3,5-6,8-12H2/t14-,15-/m1/s1. The summed E-state index contributed by atoms with van der Waals surface area (Å²) in [6.07, 6.45) is 5.63. The molecule has 3 rings (SSSR count). The second-order valence-corrected chi connectivity index (χ2v) is 5.60. The van der Waals surface area contributed by atoms with Crippen molar-refractivity contribution in [3.63, 3.8) is 0 Å². The molecule has 1 N–H and O–H groups in total. The van der Waals surface area contributed by atoms with E-state index < -0.39 is 0 Å². The largest absolute Gasteiger partial charge is 0.377 e. The van der Waals surface area contributed by atoms with Crippen LogP contribution < -0.4 is 5.32 Å². The number of pyridine rings is 1. The van der Waals surface area contributed by atoms with Crippen molar-refractivity contribution in [2.45, 2.75) is 32.0 Å². The Bertz CT molecular complexity index is 384. The first kappa shape index (κ1) is 13.0. The van der Waals surface area contributed by atoms with Gasteiger partial charge in [-0.15, -0.1) is 0 Å². The van der Waals surface area contributed by atoms with E-state index >= 15 is 0 Å². The molecule has 1 aromatic heterocycles. The third-order valence-corrected chi connectivity index (χ3v) is 4.25. The van der Waals surface area contributed by atoms with Crippen LogP contribution in [-0.2, 0) is 16.1 Å². The molecule has 0 unspecified atom stereocenters. The molecule has 0 radical (unpaired) electrons. The number of piperidine rings is 1. The SMILES string of the molecule is c1ccc(COC[C@]23CCCO[C@@H]2CCNC3)nc1. The van der Waals surface area contributed by atoms with Crippen molar-refractivity contribution in [2.75, 3.05) is 26.3 Å². The maximum Gasteiger partial charge on any atom is 0.0888 e. The molecule has 4 nitrogen and oxygen atoms in total. The van der Waals surface area contributed by atoms with Gasteiger partial charge in [0, 0.05) is 24.8 Å². The molecule has 2 aliphatic heterocycles. The van der Waals surface area contributed by atoms with Crippen LogP contribution in [0.2, 0.25) is 0 Å². The fraction of sp³-hybridized carbons (Fsp3) is 0.667. The zero-order valence-corrected chi connectivity index (χ0v) is 11.3. The van der Waals surface area contributed by atoms with E-state index in [9.17, 15) is 0 Å². The van der Waals surface area contributed by atoms with Crippen molar-refractivity contribution in [2.24, 2.45) is 5.41 Å². The van der Waals surface area contributed by atoms with Crippen LogP contribution in [0, 0.1) is 5.41 Å². The molecule has 1 aromatic rings. The molecule has 19 heavy (non-hydrogen) atoms. The zero-order chi connectivity index (χ0) is 13.0. The number of hydrogen-bond acceptors (Lipinski definition) is 4. The Morgan fingerprint density at radius 3 is 3.37 bits per heavy atom. The van der Waals surface area contributed by atoms with Gasteiger partial charge in [-0.2, -0.15) is 0 Å². The van der Waals surface area contributed by atoms with E-state index in [1.807, 2.05) is 24.4 Å². The van der Waals surface area contributed by atoms with Gasteiger partial charge in [-0.1, -0.05) is 6.07 Å². The second-order valence-electron chi connectivity index (χ2n) is 5.60. The molecule has 0 amide bonds. The molecule has 2 atom stereocenters. The van der Waals surface area contributed by atoms with Crippen LogP contribution in [0.3, 0.4) is 0 Å². The van der Waals surface area contributed by atoms with Gasteiger partial charge in [0.2, 0.25) is 0 Å². The number of fused-ring (bicyclic) bond motifs is 1. The fourth-order valence-electron chi connectivity index (χ4n) is 3.21. The maximum atomic E-state index is 5.95. The lowest BCUT2D eigenvalue weighted by molar-refractivity contribution is -0.132. The monoisotopic (exact) mass is 262 g/mol. The molecular formula is C15H22N2O2. The van der Waals surface area contributed by atoms with Crippen LogP contribution in [0.4, 0.5) is 0 Å². The summed E-state index contributed by atoms with van der Waals surface area (Å²) in [4.78, 5) is 4.29. The number of nitrogens with zero attached hydrogens (tertiary/aromatic N) is 1. The molecule has 4 heteroatoms. The molecule has 104 valence electrons. The predicted molar refractivity (Wildman–Crippen MR) is 72.8 cm³/mol. The molecule has 0 spiro atoms. The van der Waals surface area contributed by atoms with Crippen molar-refractivity contribution in [3.8, 4) is 0 Å². The number of nitrogens with one attached hydrogen (secondary N) is 1. The molecule has 2 saturated heterocycles. The van der Waals surface area contributed by atoms with Gasteiger partial charge in [0.15, 0.2) is 0 Å². The summed E-state index contributed by atoms with van der Waals surface area (Å²) in [5, 5.41) is 3.50. The number of ether oxygens (including phenoxy) is 2. The van der Waals surface area contributed by atoms with E-state index in [2.05, 4.69) is 10.3 Å². The minimum Gasteiger partial charge on any atom is -0.377 e. The van der Waals surface area contributed by atoms with Crippen molar-refractivity contribution in [1.29, 1.82) is 0 Å². The van der Waals surface area contributed by atoms with Crippen molar-refractivity contribution in [1.82, 2.24) is 10.3 Å². The minimum absolute atomic E-state index is 0.172. The molecule has 0 bridgehead atoms. The predicted octanol–water partition coefficient (Wildman–Crippen LogP) is 1.76. The first-order valence-corrected chi connectivity index (χ1v) is 7.19. The van der Waals surface area contributed by atoms with Crippen molar-refractivity contribution >= 4 is 0 Å². The zero-order valence-electron chi connectivity index (χ0n) is 11.3. The van der Waals surface area contributed by atoms with E-state index in [4.69, 9.17) is 9.47 Å². The summed E-state index contributed by atoms with van der Waals surface area (Å²) >= 11 is 0. The summed E-state index contributed by atoms with van der Waals surface area (Å²) in [7, 11) is 0. The Kier molecular flexibility index (Phi) is 4.11. The van der Waals surface area contributed by atoms with Crippen molar-refractivity contribution in [3.05, 3.63) is 30.1 Å². The van der Waals surface area contributed by atoms with Gasteiger partial charge < -0.3 is 14.8 Å². The minimum atomic E-state index is 0.172. The van der Waals surface area contributed by atoms with Crippen LogP contribution in [0.5, 0.6) is 0 Å². The van der Waals surface area contributed by atoms with Gasteiger partial charge in [-0.25, -0.2) is 0 Å². The first-order valence-electron chi connectivity index (χ1n) is 7.19. The Morgan fingerprint density at radius 1 is 1.47 bits per heavy atom. The quantitative estimate of drug-likeness (QED) is 0.898. The normalized spacial score (nSPS) is 30.8. The number of rotatable bonds is 4. The van der Waals surface area contributed by atoms with Crippen LogP contribution in [-0.4, -0.2) is 37.4 Å². The summed E-state index contributed by atoms with van der Waals surface area (Å²) in [5.74, 6) is 0. The van der Waals surface area contributed by atoms with Gasteiger partial charge in [-0.3, -0.25) is 4.98 Å². The van der Waals surface area contributed by atoms with Crippen LogP contribution in [0.1, 0.15) is 25.0 Å². The van der Waals surface area contributed by atoms with Gasteiger partial charge in [-0.05, 0) is 37.9 Å².